The number of benzene rings is 2. The number of carbonyl (C=O) groups excluding carboxylic acids is 2. The molecular formula is C22H22FN3O5. The summed E-state index contributed by atoms with van der Waals surface area (Å²) in [6.07, 6.45) is -0.850. The first-order valence-electron chi connectivity index (χ1n) is 9.68. The number of hydrogen-bond donors (Lipinski definition) is 1. The molecule has 1 unspecified atom stereocenters. The molecule has 3 rings (SSSR count). The molecule has 0 fully saturated rings. The van der Waals surface area contributed by atoms with Gasteiger partial charge in [-0.1, -0.05) is 29.4 Å². The van der Waals surface area contributed by atoms with Crippen LogP contribution < -0.4 is 10.1 Å². The van der Waals surface area contributed by atoms with E-state index in [0.29, 0.717) is 29.0 Å². The molecule has 1 amide bonds. The van der Waals surface area contributed by atoms with Crippen molar-refractivity contribution in [1.82, 2.24) is 15.5 Å². The first kappa shape index (κ1) is 21.9. The largest absolute Gasteiger partial charge is 0.493 e. The van der Waals surface area contributed by atoms with Crippen molar-refractivity contribution in [3.05, 3.63) is 65.3 Å². The SMILES string of the molecule is CCOc1ccccc1C(=O)NCC(=O)OC(C)c1nc(-c2ccc(C)c(F)c2)no1. The fourth-order valence-corrected chi connectivity index (χ4v) is 2.72. The number of nitrogens with zero attached hydrogens (tertiary/aromatic N) is 2. The molecule has 8 nitrogen and oxygen atoms in total. The van der Waals surface area contributed by atoms with Crippen LogP contribution in [0.1, 0.15) is 41.8 Å². The molecule has 1 N–H and O–H groups in total. The summed E-state index contributed by atoms with van der Waals surface area (Å²) in [5, 5.41) is 6.29. The second-order valence-electron chi connectivity index (χ2n) is 6.66. The Bertz CT molecular complexity index is 1080. The number of aryl methyl sites for hydroxylation is 1. The Morgan fingerprint density at radius 1 is 1.23 bits per heavy atom. The summed E-state index contributed by atoms with van der Waals surface area (Å²) in [5.41, 5.74) is 1.26. The van der Waals surface area contributed by atoms with E-state index >= 15 is 0 Å². The first-order valence-corrected chi connectivity index (χ1v) is 9.68. The third kappa shape index (κ3) is 5.44. The van der Waals surface area contributed by atoms with Crippen molar-refractivity contribution in [1.29, 1.82) is 0 Å². The average Bonchev–Trinajstić information content (AvgIpc) is 3.25. The van der Waals surface area contributed by atoms with Gasteiger partial charge in [-0.3, -0.25) is 9.59 Å². The van der Waals surface area contributed by atoms with Crippen molar-refractivity contribution < 1.29 is 28.0 Å². The second-order valence-corrected chi connectivity index (χ2v) is 6.66. The highest BCUT2D eigenvalue weighted by molar-refractivity contribution is 5.98. The monoisotopic (exact) mass is 427 g/mol. The van der Waals surface area contributed by atoms with Gasteiger partial charge in [0.1, 0.15) is 18.1 Å². The zero-order chi connectivity index (χ0) is 22.4. The second kappa shape index (κ2) is 9.84. The van der Waals surface area contributed by atoms with Gasteiger partial charge in [-0.25, -0.2) is 4.39 Å². The van der Waals surface area contributed by atoms with Crippen LogP contribution in [-0.4, -0.2) is 35.2 Å². The fraction of sp³-hybridized carbons (Fsp3) is 0.273. The molecule has 0 aliphatic carbocycles. The fourth-order valence-electron chi connectivity index (χ4n) is 2.72. The minimum absolute atomic E-state index is 0.0531. The van der Waals surface area contributed by atoms with Gasteiger partial charge in [0.25, 0.3) is 11.8 Å². The molecule has 1 aromatic heterocycles. The molecule has 0 aliphatic heterocycles. The minimum atomic E-state index is -0.850. The van der Waals surface area contributed by atoms with E-state index in [-0.39, 0.29) is 24.1 Å². The number of aromatic nitrogens is 2. The summed E-state index contributed by atoms with van der Waals surface area (Å²) < 4.78 is 29.5. The van der Waals surface area contributed by atoms with E-state index in [1.165, 1.54) is 6.07 Å². The van der Waals surface area contributed by atoms with Crippen LogP contribution >= 0.6 is 0 Å². The molecule has 1 atom stereocenters. The number of hydrogen-bond acceptors (Lipinski definition) is 7. The van der Waals surface area contributed by atoms with Crippen molar-refractivity contribution in [2.45, 2.75) is 26.9 Å². The van der Waals surface area contributed by atoms with Crippen molar-refractivity contribution in [2.24, 2.45) is 0 Å². The smallest absolute Gasteiger partial charge is 0.326 e. The van der Waals surface area contributed by atoms with E-state index in [4.69, 9.17) is 14.0 Å². The lowest BCUT2D eigenvalue weighted by Crippen LogP contribution is -2.31. The predicted octanol–water partition coefficient (Wildman–Crippen LogP) is 3.62. The van der Waals surface area contributed by atoms with Crippen LogP contribution in [0.2, 0.25) is 0 Å². The predicted molar refractivity (Wildman–Crippen MR) is 109 cm³/mol. The van der Waals surface area contributed by atoms with Crippen LogP contribution in [0.4, 0.5) is 4.39 Å². The van der Waals surface area contributed by atoms with E-state index < -0.39 is 18.0 Å². The van der Waals surface area contributed by atoms with Gasteiger partial charge in [0.2, 0.25) is 5.82 Å². The minimum Gasteiger partial charge on any atom is -0.493 e. The molecule has 3 aromatic rings. The summed E-state index contributed by atoms with van der Waals surface area (Å²) in [5.74, 6) is -0.874. The molecule has 0 radical (unpaired) electrons. The first-order chi connectivity index (χ1) is 14.9. The van der Waals surface area contributed by atoms with E-state index in [0.717, 1.165) is 0 Å². The Balaban J connectivity index is 1.57. The summed E-state index contributed by atoms with van der Waals surface area (Å²) in [6, 6.07) is 11.3. The number of carbonyl (C=O) groups is 2. The molecule has 31 heavy (non-hydrogen) atoms. The summed E-state index contributed by atoms with van der Waals surface area (Å²) in [7, 11) is 0. The normalized spacial score (nSPS) is 11.6. The van der Waals surface area contributed by atoms with Gasteiger partial charge in [0, 0.05) is 5.56 Å². The molecule has 0 saturated heterocycles. The lowest BCUT2D eigenvalue weighted by Gasteiger charge is -2.11. The average molecular weight is 427 g/mol. The van der Waals surface area contributed by atoms with E-state index in [1.807, 2.05) is 6.92 Å². The van der Waals surface area contributed by atoms with Crippen LogP contribution in [0, 0.1) is 12.7 Å². The zero-order valence-corrected chi connectivity index (χ0v) is 17.3. The van der Waals surface area contributed by atoms with Gasteiger partial charge in [-0.15, -0.1) is 0 Å². The molecule has 0 aliphatic rings. The van der Waals surface area contributed by atoms with Crippen molar-refractivity contribution in [3.8, 4) is 17.1 Å². The number of nitrogens with one attached hydrogen (secondary N) is 1. The molecule has 0 saturated carbocycles. The van der Waals surface area contributed by atoms with Crippen LogP contribution in [0.3, 0.4) is 0 Å². The third-order valence-corrected chi connectivity index (χ3v) is 4.35. The lowest BCUT2D eigenvalue weighted by atomic mass is 10.1. The maximum atomic E-state index is 13.7. The highest BCUT2D eigenvalue weighted by atomic mass is 19.1. The van der Waals surface area contributed by atoms with Gasteiger partial charge in [0.05, 0.1) is 12.2 Å². The number of halogens is 1. The number of rotatable bonds is 8. The van der Waals surface area contributed by atoms with Gasteiger partial charge < -0.3 is 19.3 Å². The number of para-hydroxylation sites is 1. The Hall–Kier alpha value is -3.75. The van der Waals surface area contributed by atoms with Gasteiger partial charge >= 0.3 is 5.97 Å². The topological polar surface area (TPSA) is 104 Å². The van der Waals surface area contributed by atoms with Crippen molar-refractivity contribution in [2.75, 3.05) is 13.2 Å². The van der Waals surface area contributed by atoms with Crippen LogP contribution in [0.15, 0.2) is 47.0 Å². The third-order valence-electron chi connectivity index (χ3n) is 4.35. The van der Waals surface area contributed by atoms with Crippen molar-refractivity contribution in [3.63, 3.8) is 0 Å². The van der Waals surface area contributed by atoms with Crippen LogP contribution in [0.5, 0.6) is 5.75 Å². The van der Waals surface area contributed by atoms with Crippen LogP contribution in [0.25, 0.3) is 11.4 Å². The Morgan fingerprint density at radius 2 is 2.00 bits per heavy atom. The summed E-state index contributed by atoms with van der Waals surface area (Å²) >= 11 is 0. The van der Waals surface area contributed by atoms with Gasteiger partial charge in [-0.05, 0) is 44.5 Å². The molecule has 1 heterocycles. The zero-order valence-electron chi connectivity index (χ0n) is 17.3. The Morgan fingerprint density at radius 3 is 2.74 bits per heavy atom. The number of ether oxygens (including phenoxy) is 2. The number of amides is 1. The highest BCUT2D eigenvalue weighted by Crippen LogP contribution is 2.22. The van der Waals surface area contributed by atoms with Crippen LogP contribution in [-0.2, 0) is 9.53 Å². The Labute approximate surface area is 178 Å². The van der Waals surface area contributed by atoms with E-state index in [9.17, 15) is 14.0 Å². The quantitative estimate of drug-likeness (QED) is 0.548. The van der Waals surface area contributed by atoms with E-state index in [1.54, 1.807) is 50.2 Å². The maximum absolute atomic E-state index is 13.7. The molecule has 2 aromatic carbocycles. The van der Waals surface area contributed by atoms with Gasteiger partial charge in [0.15, 0.2) is 6.10 Å². The lowest BCUT2D eigenvalue weighted by molar-refractivity contribution is -0.148. The Kier molecular flexibility index (Phi) is 6.96. The summed E-state index contributed by atoms with van der Waals surface area (Å²) in [6.45, 7) is 5.07. The molecule has 162 valence electrons. The van der Waals surface area contributed by atoms with E-state index in [2.05, 4.69) is 15.5 Å². The summed E-state index contributed by atoms with van der Waals surface area (Å²) in [4.78, 5) is 28.6. The molecule has 0 bridgehead atoms. The van der Waals surface area contributed by atoms with Crippen molar-refractivity contribution >= 4 is 11.9 Å². The standard InChI is InChI=1S/C22H22FN3O5/c1-4-29-18-8-6-5-7-16(18)21(28)24-12-19(27)30-14(3)22-25-20(26-31-22)15-10-9-13(2)17(23)11-15/h5-11,14H,4,12H2,1-3H3,(H,24,28). The molecule has 0 spiro atoms. The molecular weight excluding hydrogens is 405 g/mol. The molecule has 9 heteroatoms. The number of esters is 1. The highest BCUT2D eigenvalue weighted by Gasteiger charge is 2.20. The van der Waals surface area contributed by atoms with Gasteiger partial charge in [-0.2, -0.15) is 4.98 Å². The maximum Gasteiger partial charge on any atom is 0.326 e.